The zero-order chi connectivity index (χ0) is 17.9. The van der Waals surface area contributed by atoms with Crippen LogP contribution in [-0.2, 0) is 4.74 Å². The number of rotatable bonds is 4. The number of ether oxygens (including phenoxy) is 2. The first kappa shape index (κ1) is 18.2. The first-order valence-corrected chi connectivity index (χ1v) is 8.03. The molecule has 1 saturated heterocycles. The minimum Gasteiger partial charge on any atom is -0.490 e. The number of hydrogen-bond donors (Lipinski definition) is 0. The Labute approximate surface area is 141 Å². The van der Waals surface area contributed by atoms with Crippen LogP contribution in [0.15, 0.2) is 18.2 Å². The van der Waals surface area contributed by atoms with Gasteiger partial charge in [-0.3, -0.25) is 10.1 Å². The van der Waals surface area contributed by atoms with Crippen LogP contribution in [0.3, 0.4) is 0 Å². The van der Waals surface area contributed by atoms with E-state index in [1.807, 2.05) is 0 Å². The maximum Gasteiger partial charge on any atom is 0.345 e. The molecule has 0 atom stereocenters. The third-order valence-electron chi connectivity index (χ3n) is 3.75. The van der Waals surface area contributed by atoms with Gasteiger partial charge in [-0.15, -0.1) is 0 Å². The summed E-state index contributed by atoms with van der Waals surface area (Å²) in [6, 6.07) is 4.29. The molecule has 2 rings (SSSR count). The monoisotopic (exact) mass is 336 g/mol. The molecule has 0 N–H and O–H groups in total. The van der Waals surface area contributed by atoms with E-state index in [1.54, 1.807) is 26.8 Å². The van der Waals surface area contributed by atoms with Crippen molar-refractivity contribution >= 4 is 11.7 Å². The lowest BCUT2D eigenvalue weighted by molar-refractivity contribution is -0.385. The van der Waals surface area contributed by atoms with Crippen molar-refractivity contribution in [2.45, 2.75) is 45.3 Å². The normalized spacial score (nSPS) is 16.7. The molecule has 1 aliphatic rings. The fourth-order valence-electron chi connectivity index (χ4n) is 2.54. The summed E-state index contributed by atoms with van der Waals surface area (Å²) in [6.07, 6.45) is 1.78. The van der Waals surface area contributed by atoms with E-state index in [-0.39, 0.29) is 17.4 Å². The number of benzene rings is 1. The highest BCUT2D eigenvalue weighted by Crippen LogP contribution is 2.28. The molecule has 24 heavy (non-hydrogen) atoms. The molecule has 1 heterocycles. The first-order valence-electron chi connectivity index (χ1n) is 8.03. The van der Waals surface area contributed by atoms with Gasteiger partial charge in [-0.25, -0.2) is 4.79 Å². The van der Waals surface area contributed by atoms with Gasteiger partial charge >= 0.3 is 5.97 Å². The molecule has 1 fully saturated rings. The number of carbonyl (C=O) groups excluding carboxylic acids is 1. The summed E-state index contributed by atoms with van der Waals surface area (Å²) in [5, 5.41) is 11.3. The van der Waals surface area contributed by atoms with E-state index in [4.69, 9.17) is 9.47 Å². The number of hydrogen-bond acceptors (Lipinski definition) is 6. The van der Waals surface area contributed by atoms with Crippen molar-refractivity contribution < 1.29 is 19.2 Å². The molecule has 0 aliphatic carbocycles. The second-order valence-corrected chi connectivity index (χ2v) is 7.06. The standard InChI is InChI=1S/C17H24N2O5/c1-17(2,3)24-16(20)14-6-5-13(11-15(14)19(21)22)23-12-7-9-18(4)10-8-12/h5-6,11-12H,7-10H2,1-4H3. The Balaban J connectivity index is 2.17. The van der Waals surface area contributed by atoms with Crippen molar-refractivity contribution in [3.05, 3.63) is 33.9 Å². The lowest BCUT2D eigenvalue weighted by atomic mass is 10.1. The second-order valence-electron chi connectivity index (χ2n) is 7.06. The van der Waals surface area contributed by atoms with E-state index in [9.17, 15) is 14.9 Å². The minimum atomic E-state index is -0.714. The molecule has 132 valence electrons. The Kier molecular flexibility index (Phi) is 5.43. The zero-order valence-electron chi connectivity index (χ0n) is 14.6. The van der Waals surface area contributed by atoms with Crippen molar-refractivity contribution in [2.24, 2.45) is 0 Å². The number of piperidine rings is 1. The van der Waals surface area contributed by atoms with E-state index in [0.29, 0.717) is 5.75 Å². The third-order valence-corrected chi connectivity index (χ3v) is 3.75. The average Bonchev–Trinajstić information content (AvgIpc) is 2.47. The summed E-state index contributed by atoms with van der Waals surface area (Å²) < 4.78 is 11.1. The van der Waals surface area contributed by atoms with Crippen LogP contribution in [0.4, 0.5) is 5.69 Å². The van der Waals surface area contributed by atoms with Crippen LogP contribution in [0.5, 0.6) is 5.75 Å². The van der Waals surface area contributed by atoms with Crippen LogP contribution in [0, 0.1) is 10.1 Å². The molecule has 0 spiro atoms. The molecular weight excluding hydrogens is 312 g/mol. The molecule has 0 amide bonds. The summed E-state index contributed by atoms with van der Waals surface area (Å²) in [5.74, 6) is -0.302. The van der Waals surface area contributed by atoms with Gasteiger partial charge in [-0.1, -0.05) is 0 Å². The largest absolute Gasteiger partial charge is 0.490 e. The van der Waals surface area contributed by atoms with E-state index >= 15 is 0 Å². The molecule has 0 radical (unpaired) electrons. The van der Waals surface area contributed by atoms with Crippen molar-refractivity contribution in [2.75, 3.05) is 20.1 Å². The van der Waals surface area contributed by atoms with Crippen LogP contribution < -0.4 is 4.74 Å². The molecule has 0 aromatic heterocycles. The Bertz CT molecular complexity index is 616. The molecule has 1 aromatic rings. The van der Waals surface area contributed by atoms with Gasteiger partial charge in [0.25, 0.3) is 5.69 Å². The Morgan fingerprint density at radius 2 is 1.92 bits per heavy atom. The molecule has 0 unspecified atom stereocenters. The summed E-state index contributed by atoms with van der Waals surface area (Å²) in [6.45, 7) is 7.02. The van der Waals surface area contributed by atoms with Crippen molar-refractivity contribution in [3.8, 4) is 5.75 Å². The molecule has 0 saturated carbocycles. The summed E-state index contributed by atoms with van der Waals surface area (Å²) in [7, 11) is 2.05. The number of esters is 1. The predicted octanol–water partition coefficient (Wildman–Crippen LogP) is 3.02. The van der Waals surface area contributed by atoms with Crippen molar-refractivity contribution in [1.82, 2.24) is 4.90 Å². The zero-order valence-corrected chi connectivity index (χ0v) is 14.6. The van der Waals surface area contributed by atoms with Gasteiger partial charge in [0.05, 0.1) is 11.0 Å². The predicted molar refractivity (Wildman–Crippen MR) is 89.4 cm³/mol. The quantitative estimate of drug-likeness (QED) is 0.477. The van der Waals surface area contributed by atoms with Gasteiger partial charge in [0.2, 0.25) is 0 Å². The van der Waals surface area contributed by atoms with E-state index in [1.165, 1.54) is 12.1 Å². The van der Waals surface area contributed by atoms with Crippen LogP contribution >= 0.6 is 0 Å². The number of nitro benzene ring substituents is 1. The van der Waals surface area contributed by atoms with Gasteiger partial charge < -0.3 is 14.4 Å². The first-order chi connectivity index (χ1) is 11.2. The molecule has 7 heteroatoms. The summed E-state index contributed by atoms with van der Waals surface area (Å²) in [5.41, 5.74) is -1.07. The fraction of sp³-hybridized carbons (Fsp3) is 0.588. The number of likely N-dealkylation sites (tertiary alicyclic amines) is 1. The highest BCUT2D eigenvalue weighted by molar-refractivity contribution is 5.94. The van der Waals surface area contributed by atoms with Gasteiger partial charge in [0.1, 0.15) is 23.0 Å². The Hall–Kier alpha value is -2.15. The van der Waals surface area contributed by atoms with Crippen molar-refractivity contribution in [1.29, 1.82) is 0 Å². The van der Waals surface area contributed by atoms with E-state index in [2.05, 4.69) is 11.9 Å². The molecular formula is C17H24N2O5. The fourth-order valence-corrected chi connectivity index (χ4v) is 2.54. The lowest BCUT2D eigenvalue weighted by Gasteiger charge is -2.29. The number of nitro groups is 1. The maximum absolute atomic E-state index is 12.1. The summed E-state index contributed by atoms with van der Waals surface area (Å²) >= 11 is 0. The van der Waals surface area contributed by atoms with Gasteiger partial charge in [0, 0.05) is 13.1 Å². The second kappa shape index (κ2) is 7.17. The maximum atomic E-state index is 12.1. The minimum absolute atomic E-state index is 0.0354. The molecule has 7 nitrogen and oxygen atoms in total. The van der Waals surface area contributed by atoms with Crippen LogP contribution in [-0.4, -0.2) is 47.6 Å². The smallest absolute Gasteiger partial charge is 0.345 e. The molecule has 0 bridgehead atoms. The lowest BCUT2D eigenvalue weighted by Crippen LogP contribution is -2.35. The van der Waals surface area contributed by atoms with Gasteiger partial charge in [-0.2, -0.15) is 0 Å². The Morgan fingerprint density at radius 1 is 1.29 bits per heavy atom. The molecule has 1 aliphatic heterocycles. The van der Waals surface area contributed by atoms with Gasteiger partial charge in [-0.05, 0) is 52.8 Å². The molecule has 1 aromatic carbocycles. The van der Waals surface area contributed by atoms with Crippen molar-refractivity contribution in [3.63, 3.8) is 0 Å². The topological polar surface area (TPSA) is 81.9 Å². The third kappa shape index (κ3) is 4.92. The SMILES string of the molecule is CN1CCC(Oc2ccc(C(=O)OC(C)(C)C)c([N+](=O)[O-])c2)CC1. The highest BCUT2D eigenvalue weighted by Gasteiger charge is 2.27. The van der Waals surface area contributed by atoms with E-state index in [0.717, 1.165) is 25.9 Å². The van der Waals surface area contributed by atoms with E-state index < -0.39 is 16.5 Å². The Morgan fingerprint density at radius 3 is 2.46 bits per heavy atom. The number of carbonyl (C=O) groups is 1. The van der Waals surface area contributed by atoms with Crippen LogP contribution in [0.1, 0.15) is 44.0 Å². The van der Waals surface area contributed by atoms with Gasteiger partial charge in [0.15, 0.2) is 0 Å². The number of nitrogens with zero attached hydrogens (tertiary/aromatic N) is 2. The van der Waals surface area contributed by atoms with Crippen LogP contribution in [0.2, 0.25) is 0 Å². The van der Waals surface area contributed by atoms with Crippen LogP contribution in [0.25, 0.3) is 0 Å². The average molecular weight is 336 g/mol. The summed E-state index contributed by atoms with van der Waals surface area (Å²) in [4.78, 5) is 25.1. The highest BCUT2D eigenvalue weighted by atomic mass is 16.6.